The third-order valence-corrected chi connectivity index (χ3v) is 12.8. The summed E-state index contributed by atoms with van der Waals surface area (Å²) in [7, 11) is 2.59. The van der Waals surface area contributed by atoms with Gasteiger partial charge in [-0.15, -0.1) is 0 Å². The summed E-state index contributed by atoms with van der Waals surface area (Å²) in [5.41, 5.74) is 6.60. The molecule has 15 heteroatoms. The van der Waals surface area contributed by atoms with E-state index in [9.17, 15) is 19.2 Å². The zero-order valence-corrected chi connectivity index (χ0v) is 36.1. The number of fused-ring (bicyclic) bond motifs is 6. The molecular weight excluding hydrogens is 777 g/mol. The van der Waals surface area contributed by atoms with Crippen LogP contribution in [0.1, 0.15) is 103 Å². The SMILES string of the molecule is CC[C@H]1CC[C@@H](c2nc3c(ccc4cc5c(cc43)OCc3cc(-c4cnc([C@@H]6CC[C@H](C)N6C(=O)[C@@H](NC(=O)OC)C(C)C)[nH]4)ccc3-5)[nH]2)N1C(=O)[C@@H](NC(=O)OC)C(C)C. The van der Waals surface area contributed by atoms with Crippen LogP contribution in [0.2, 0.25) is 0 Å². The van der Waals surface area contributed by atoms with E-state index in [1.54, 1.807) is 0 Å². The average Bonchev–Trinajstić information content (AvgIpc) is 4.08. The fraction of sp³-hybridized carbons (Fsp3) is 0.478. The monoisotopic (exact) mass is 832 g/mol. The molecule has 322 valence electrons. The lowest BCUT2D eigenvalue weighted by molar-refractivity contribution is -0.138. The molecule has 61 heavy (non-hydrogen) atoms. The van der Waals surface area contributed by atoms with Crippen molar-refractivity contribution in [3.05, 3.63) is 65.9 Å². The minimum Gasteiger partial charge on any atom is -0.488 e. The van der Waals surface area contributed by atoms with Crippen molar-refractivity contribution in [2.75, 3.05) is 14.2 Å². The number of alkyl carbamates (subject to hydrolysis) is 2. The largest absolute Gasteiger partial charge is 0.488 e. The highest BCUT2D eigenvalue weighted by Gasteiger charge is 2.43. The van der Waals surface area contributed by atoms with Gasteiger partial charge in [-0.25, -0.2) is 19.6 Å². The number of aromatic amines is 2. The summed E-state index contributed by atoms with van der Waals surface area (Å²) in [6, 6.07) is 12.7. The topological polar surface area (TPSA) is 184 Å². The molecule has 0 saturated carbocycles. The lowest BCUT2D eigenvalue weighted by Gasteiger charge is -2.33. The molecule has 2 fully saturated rings. The highest BCUT2D eigenvalue weighted by atomic mass is 16.5. The van der Waals surface area contributed by atoms with Gasteiger partial charge in [0.1, 0.15) is 36.1 Å². The van der Waals surface area contributed by atoms with Crippen molar-refractivity contribution in [2.24, 2.45) is 11.8 Å². The second-order valence-electron chi connectivity index (χ2n) is 17.3. The molecule has 0 bridgehead atoms. The molecule has 4 amide bonds. The second-order valence-corrected chi connectivity index (χ2v) is 17.3. The van der Waals surface area contributed by atoms with E-state index in [4.69, 9.17) is 24.2 Å². The summed E-state index contributed by atoms with van der Waals surface area (Å²) in [4.78, 5) is 73.0. The molecule has 2 saturated heterocycles. The lowest BCUT2D eigenvalue weighted by Crippen LogP contribution is -2.53. The molecule has 5 heterocycles. The van der Waals surface area contributed by atoms with Gasteiger partial charge in [0.2, 0.25) is 11.8 Å². The Labute approximate surface area is 355 Å². The molecular formula is C46H56N8O7. The first kappa shape index (κ1) is 41.6. The van der Waals surface area contributed by atoms with E-state index in [-0.39, 0.29) is 47.8 Å². The number of ether oxygens (including phenoxy) is 3. The van der Waals surface area contributed by atoms with E-state index in [0.717, 1.165) is 93.4 Å². The summed E-state index contributed by atoms with van der Waals surface area (Å²) >= 11 is 0. The van der Waals surface area contributed by atoms with Crippen LogP contribution in [0.15, 0.2) is 48.7 Å². The molecule has 2 aromatic heterocycles. The Hall–Kier alpha value is -6.12. The number of hydrogen-bond acceptors (Lipinski definition) is 9. The summed E-state index contributed by atoms with van der Waals surface area (Å²) in [5.74, 6) is 1.66. The van der Waals surface area contributed by atoms with Gasteiger partial charge < -0.3 is 44.6 Å². The van der Waals surface area contributed by atoms with E-state index in [1.165, 1.54) is 14.2 Å². The number of carbonyl (C=O) groups is 4. The van der Waals surface area contributed by atoms with Crippen molar-refractivity contribution in [1.82, 2.24) is 40.4 Å². The Morgan fingerprint density at radius 1 is 0.820 bits per heavy atom. The number of rotatable bonds is 10. The van der Waals surface area contributed by atoms with E-state index >= 15 is 0 Å². The Kier molecular flexibility index (Phi) is 11.4. The first-order chi connectivity index (χ1) is 29.3. The predicted octanol–water partition coefficient (Wildman–Crippen LogP) is 7.92. The molecule has 6 atom stereocenters. The number of nitrogens with one attached hydrogen (secondary N) is 4. The number of hydrogen-bond donors (Lipinski definition) is 4. The number of nitrogens with zero attached hydrogens (tertiary/aromatic N) is 4. The molecule has 4 N–H and O–H groups in total. The standard InChI is InChI=1S/C46H56N8O7/c1-9-29-13-17-36(54(29)44(56)39(24(4)5)52-46(58)60-8)42-48-33-15-12-26-19-32-30-14-11-27(18-28(30)22-61-37(32)20-31(26)40(33)50-42)34-21-47-41(49-34)35-16-10-25(6)53(35)43(55)38(23(2)3)51-45(57)59-7/h11-12,14-15,18-21,23-25,29,35-36,38-39H,9-10,13,16-17,22H2,1-8H3,(H,47,49)(H,48,50)(H,51,57)(H,52,58)/t25-,29-,35-,36-,38-,39-/m0/s1. The van der Waals surface area contributed by atoms with Crippen LogP contribution in [-0.2, 0) is 25.7 Å². The van der Waals surface area contributed by atoms with Crippen LogP contribution in [0.5, 0.6) is 5.75 Å². The Balaban J connectivity index is 1.05. The number of methoxy groups -OCH3 is 2. The number of amides is 4. The molecule has 0 radical (unpaired) electrons. The van der Waals surface area contributed by atoms with Crippen molar-refractivity contribution in [2.45, 2.75) is 117 Å². The van der Waals surface area contributed by atoms with E-state index in [0.29, 0.717) is 12.4 Å². The van der Waals surface area contributed by atoms with Gasteiger partial charge in [-0.05, 0) is 97.2 Å². The number of carbonyl (C=O) groups excluding carboxylic acids is 4. The van der Waals surface area contributed by atoms with Gasteiger partial charge in [0.25, 0.3) is 0 Å². The smallest absolute Gasteiger partial charge is 0.407 e. The molecule has 0 aliphatic carbocycles. The first-order valence-corrected chi connectivity index (χ1v) is 21.4. The van der Waals surface area contributed by atoms with Gasteiger partial charge in [-0.2, -0.15) is 0 Å². The van der Waals surface area contributed by atoms with Crippen LogP contribution >= 0.6 is 0 Å². The normalized spacial score (nSPS) is 20.7. The highest BCUT2D eigenvalue weighted by Crippen LogP contribution is 2.44. The number of H-pyrrole nitrogens is 2. The molecule has 15 nitrogen and oxygen atoms in total. The summed E-state index contributed by atoms with van der Waals surface area (Å²) in [6.45, 7) is 12.1. The number of aromatic nitrogens is 4. The summed E-state index contributed by atoms with van der Waals surface area (Å²) < 4.78 is 16.1. The highest BCUT2D eigenvalue weighted by molar-refractivity contribution is 6.07. The lowest BCUT2D eigenvalue weighted by atomic mass is 9.92. The van der Waals surface area contributed by atoms with E-state index in [2.05, 4.69) is 63.9 Å². The number of likely N-dealkylation sites (tertiary alicyclic amines) is 2. The fourth-order valence-corrected chi connectivity index (χ4v) is 9.51. The molecule has 5 aromatic rings. The van der Waals surface area contributed by atoms with Gasteiger partial charge in [0.05, 0.1) is 49.2 Å². The summed E-state index contributed by atoms with van der Waals surface area (Å²) in [5, 5.41) is 7.46. The van der Waals surface area contributed by atoms with Crippen molar-refractivity contribution >= 4 is 45.8 Å². The third-order valence-electron chi connectivity index (χ3n) is 12.8. The predicted molar refractivity (Wildman–Crippen MR) is 230 cm³/mol. The quantitative estimate of drug-likeness (QED) is 0.109. The second kappa shape index (κ2) is 16.7. The van der Waals surface area contributed by atoms with Crippen molar-refractivity contribution in [3.8, 4) is 28.1 Å². The van der Waals surface area contributed by atoms with Crippen LogP contribution in [0, 0.1) is 11.8 Å². The third kappa shape index (κ3) is 7.63. The molecule has 3 aliphatic heterocycles. The maximum absolute atomic E-state index is 14.1. The van der Waals surface area contributed by atoms with Crippen molar-refractivity contribution in [3.63, 3.8) is 0 Å². The number of imidazole rings is 2. The minimum absolute atomic E-state index is 0.0160. The van der Waals surface area contributed by atoms with Crippen LogP contribution in [0.3, 0.4) is 0 Å². The fourth-order valence-electron chi connectivity index (χ4n) is 9.51. The van der Waals surface area contributed by atoms with E-state index in [1.807, 2.05) is 56.7 Å². The van der Waals surface area contributed by atoms with Gasteiger partial charge in [0.15, 0.2) is 0 Å². The Morgan fingerprint density at radius 2 is 1.49 bits per heavy atom. The molecule has 0 unspecified atom stereocenters. The number of benzene rings is 3. The average molecular weight is 833 g/mol. The van der Waals surface area contributed by atoms with Gasteiger partial charge >= 0.3 is 12.2 Å². The molecule has 8 rings (SSSR count). The summed E-state index contributed by atoms with van der Waals surface area (Å²) in [6.07, 6.45) is 4.52. The van der Waals surface area contributed by atoms with Crippen LogP contribution < -0.4 is 15.4 Å². The Bertz CT molecular complexity index is 2490. The van der Waals surface area contributed by atoms with E-state index < -0.39 is 24.3 Å². The first-order valence-electron chi connectivity index (χ1n) is 21.4. The van der Waals surface area contributed by atoms with Crippen molar-refractivity contribution < 1.29 is 33.4 Å². The molecule has 3 aromatic carbocycles. The van der Waals surface area contributed by atoms with Gasteiger partial charge in [-0.3, -0.25) is 9.59 Å². The Morgan fingerprint density at radius 3 is 2.16 bits per heavy atom. The molecule has 3 aliphatic rings. The molecule has 0 spiro atoms. The maximum atomic E-state index is 14.1. The zero-order chi connectivity index (χ0) is 43.3. The zero-order valence-electron chi connectivity index (χ0n) is 36.1. The minimum atomic E-state index is -0.724. The van der Waals surface area contributed by atoms with Crippen LogP contribution in [0.4, 0.5) is 9.59 Å². The van der Waals surface area contributed by atoms with Gasteiger partial charge in [-0.1, -0.05) is 52.8 Å². The maximum Gasteiger partial charge on any atom is 0.407 e. The van der Waals surface area contributed by atoms with Crippen LogP contribution in [-0.4, -0.2) is 92.1 Å². The van der Waals surface area contributed by atoms with Gasteiger partial charge in [0, 0.05) is 23.0 Å². The van der Waals surface area contributed by atoms with Crippen LogP contribution in [0.25, 0.3) is 44.2 Å². The van der Waals surface area contributed by atoms with Crippen molar-refractivity contribution in [1.29, 1.82) is 0 Å².